The van der Waals surface area contributed by atoms with E-state index in [9.17, 15) is 0 Å². The van der Waals surface area contributed by atoms with Gasteiger partial charge in [-0.3, -0.25) is 0 Å². The maximum atomic E-state index is 6.76. The number of hydrogen-bond acceptors (Lipinski definition) is 3. The molecule has 8 aromatic carbocycles. The quantitative estimate of drug-likeness (QED) is 0.184. The predicted molar refractivity (Wildman–Crippen MR) is 215 cm³/mol. The summed E-state index contributed by atoms with van der Waals surface area (Å²) in [6, 6.07) is 68.4. The molecule has 0 radical (unpaired) electrons. The smallest absolute Gasteiger partial charge is 0.145 e. The van der Waals surface area contributed by atoms with Crippen LogP contribution in [-0.2, 0) is 5.41 Å². The first-order valence-corrected chi connectivity index (χ1v) is 18.6. The lowest BCUT2D eigenvalue weighted by Gasteiger charge is -2.40. The largest absolute Gasteiger partial charge is 0.455 e. The number of nitrogens with zero attached hydrogens (tertiary/aromatic N) is 1. The summed E-state index contributed by atoms with van der Waals surface area (Å²) in [5, 5.41) is 2.20. The van der Waals surface area contributed by atoms with Crippen molar-refractivity contribution >= 4 is 50.8 Å². The Balaban J connectivity index is 1.22. The SMILES string of the molecule is c1ccc(-c2ccc(N(c3ccccc3)c3ccc4c(c3)C3(c5ccccc5Sc5ccccc53)c3ccccc3-4)c3c2oc2ccccc23)cc1. The summed E-state index contributed by atoms with van der Waals surface area (Å²) in [6.45, 7) is 0. The number of fused-ring (bicyclic) bond motifs is 12. The van der Waals surface area contributed by atoms with E-state index in [0.717, 1.165) is 50.1 Å². The van der Waals surface area contributed by atoms with Crippen molar-refractivity contribution in [2.24, 2.45) is 0 Å². The zero-order valence-corrected chi connectivity index (χ0v) is 29.0. The van der Waals surface area contributed by atoms with E-state index in [1.165, 1.54) is 43.2 Å². The van der Waals surface area contributed by atoms with E-state index in [1.807, 2.05) is 11.8 Å². The van der Waals surface area contributed by atoms with Crippen LogP contribution in [0.3, 0.4) is 0 Å². The predicted octanol–water partition coefficient (Wildman–Crippen LogP) is 13.6. The van der Waals surface area contributed by atoms with E-state index in [1.54, 1.807) is 0 Å². The highest BCUT2D eigenvalue weighted by Gasteiger charge is 2.50. The normalized spacial score (nSPS) is 13.5. The number of furan rings is 1. The third-order valence-electron chi connectivity index (χ3n) is 10.9. The molecule has 2 heterocycles. The van der Waals surface area contributed by atoms with Gasteiger partial charge in [-0.25, -0.2) is 0 Å². The standard InChI is InChI=1S/C49H31NOS/c1-3-15-32(16-4-1)35-29-30-43(47-38-20-8-12-24-44(38)51-48(35)47)50(33-17-5-2-6-18-33)34-27-28-37-36-19-7-9-21-39(36)49(42(37)31-34)40-22-10-13-25-45(40)52-46-26-14-11-23-41(46)49/h1-31H. The molecule has 0 bridgehead atoms. The van der Waals surface area contributed by atoms with Gasteiger partial charge in [0.2, 0.25) is 0 Å². The van der Waals surface area contributed by atoms with Crippen LogP contribution in [0, 0.1) is 0 Å². The average molecular weight is 682 g/mol. The second-order valence-electron chi connectivity index (χ2n) is 13.6. The summed E-state index contributed by atoms with van der Waals surface area (Å²) in [5.74, 6) is 0. The summed E-state index contributed by atoms with van der Waals surface area (Å²) in [4.78, 5) is 5.03. The molecule has 0 N–H and O–H groups in total. The molecule has 2 aliphatic rings. The Bertz CT molecular complexity index is 2790. The molecule has 0 atom stereocenters. The molecule has 52 heavy (non-hydrogen) atoms. The molecule has 0 saturated carbocycles. The van der Waals surface area contributed by atoms with Crippen LogP contribution in [0.25, 0.3) is 44.2 Å². The number of anilines is 3. The molecular weight excluding hydrogens is 651 g/mol. The van der Waals surface area contributed by atoms with Crippen molar-refractivity contribution in [1.29, 1.82) is 0 Å². The number of rotatable bonds is 4. The van der Waals surface area contributed by atoms with Crippen LogP contribution in [0.1, 0.15) is 22.3 Å². The van der Waals surface area contributed by atoms with Crippen LogP contribution in [0.5, 0.6) is 0 Å². The molecule has 1 aromatic heterocycles. The second kappa shape index (κ2) is 11.4. The van der Waals surface area contributed by atoms with E-state index in [4.69, 9.17) is 4.42 Å². The lowest BCUT2D eigenvalue weighted by Crippen LogP contribution is -2.32. The Morgan fingerprint density at radius 3 is 1.81 bits per heavy atom. The molecule has 1 aliphatic heterocycles. The van der Waals surface area contributed by atoms with Crippen LogP contribution in [0.2, 0.25) is 0 Å². The Kier molecular flexibility index (Phi) is 6.43. The number of para-hydroxylation sites is 2. The lowest BCUT2D eigenvalue weighted by atomic mass is 9.67. The molecule has 1 aliphatic carbocycles. The van der Waals surface area contributed by atoms with Gasteiger partial charge in [-0.05, 0) is 93.5 Å². The van der Waals surface area contributed by atoms with Crippen molar-refractivity contribution in [1.82, 2.24) is 0 Å². The maximum Gasteiger partial charge on any atom is 0.145 e. The van der Waals surface area contributed by atoms with Crippen molar-refractivity contribution in [3.8, 4) is 22.3 Å². The number of hydrogen-bond donors (Lipinski definition) is 0. The molecule has 2 nitrogen and oxygen atoms in total. The lowest BCUT2D eigenvalue weighted by molar-refractivity contribution is 0.670. The third kappa shape index (κ3) is 4.08. The molecule has 0 saturated heterocycles. The van der Waals surface area contributed by atoms with E-state index in [2.05, 4.69) is 193 Å². The third-order valence-corrected chi connectivity index (χ3v) is 12.1. The summed E-state index contributed by atoms with van der Waals surface area (Å²) in [6.07, 6.45) is 0. The van der Waals surface area contributed by atoms with E-state index >= 15 is 0 Å². The van der Waals surface area contributed by atoms with Gasteiger partial charge in [0, 0.05) is 32.1 Å². The number of benzene rings is 8. The van der Waals surface area contributed by atoms with Crippen LogP contribution in [0.4, 0.5) is 17.1 Å². The summed E-state index contributed by atoms with van der Waals surface area (Å²) in [5.41, 5.74) is 14.7. The fourth-order valence-electron chi connectivity index (χ4n) is 8.83. The van der Waals surface area contributed by atoms with Crippen LogP contribution in [-0.4, -0.2) is 0 Å². The second-order valence-corrected chi connectivity index (χ2v) is 14.7. The molecule has 11 rings (SSSR count). The minimum Gasteiger partial charge on any atom is -0.455 e. The molecule has 1 spiro atoms. The van der Waals surface area contributed by atoms with Gasteiger partial charge in [-0.1, -0.05) is 145 Å². The Hall–Kier alpha value is -6.29. The zero-order valence-electron chi connectivity index (χ0n) is 28.2. The molecule has 0 unspecified atom stereocenters. The van der Waals surface area contributed by atoms with E-state index in [0.29, 0.717) is 0 Å². The summed E-state index contributed by atoms with van der Waals surface area (Å²) >= 11 is 1.88. The van der Waals surface area contributed by atoms with Crippen molar-refractivity contribution in [3.63, 3.8) is 0 Å². The van der Waals surface area contributed by atoms with Gasteiger partial charge in [-0.15, -0.1) is 0 Å². The minimum atomic E-state index is -0.461. The maximum absolute atomic E-state index is 6.76. The average Bonchev–Trinajstić information content (AvgIpc) is 3.74. The van der Waals surface area contributed by atoms with Gasteiger partial charge in [0.05, 0.1) is 16.5 Å². The first-order valence-electron chi connectivity index (χ1n) is 17.8. The first kappa shape index (κ1) is 29.4. The van der Waals surface area contributed by atoms with Crippen molar-refractivity contribution in [3.05, 3.63) is 210 Å². The van der Waals surface area contributed by atoms with Gasteiger partial charge in [0.1, 0.15) is 11.2 Å². The molecule has 244 valence electrons. The van der Waals surface area contributed by atoms with Crippen LogP contribution < -0.4 is 4.90 Å². The monoisotopic (exact) mass is 681 g/mol. The highest BCUT2D eigenvalue weighted by Crippen LogP contribution is 2.63. The molecule has 0 fully saturated rings. The first-order chi connectivity index (χ1) is 25.8. The fourth-order valence-corrected chi connectivity index (χ4v) is 10.0. The Morgan fingerprint density at radius 2 is 1.04 bits per heavy atom. The molecular formula is C49H31NOS. The van der Waals surface area contributed by atoms with Gasteiger partial charge in [0.25, 0.3) is 0 Å². The topological polar surface area (TPSA) is 16.4 Å². The minimum absolute atomic E-state index is 0.461. The molecule has 9 aromatic rings. The summed E-state index contributed by atoms with van der Waals surface area (Å²) < 4.78 is 6.76. The van der Waals surface area contributed by atoms with Crippen molar-refractivity contribution < 1.29 is 4.42 Å². The van der Waals surface area contributed by atoms with Crippen molar-refractivity contribution in [2.45, 2.75) is 15.2 Å². The van der Waals surface area contributed by atoms with E-state index < -0.39 is 5.41 Å². The van der Waals surface area contributed by atoms with Gasteiger partial charge >= 0.3 is 0 Å². The Morgan fingerprint density at radius 1 is 0.442 bits per heavy atom. The van der Waals surface area contributed by atoms with Gasteiger partial charge in [-0.2, -0.15) is 0 Å². The van der Waals surface area contributed by atoms with Gasteiger partial charge < -0.3 is 9.32 Å². The fraction of sp³-hybridized carbons (Fsp3) is 0.0204. The van der Waals surface area contributed by atoms with Gasteiger partial charge in [0.15, 0.2) is 0 Å². The van der Waals surface area contributed by atoms with Crippen LogP contribution in [0.15, 0.2) is 202 Å². The van der Waals surface area contributed by atoms with Crippen molar-refractivity contribution in [2.75, 3.05) is 4.90 Å². The molecule has 3 heteroatoms. The van der Waals surface area contributed by atoms with E-state index in [-0.39, 0.29) is 0 Å². The zero-order chi connectivity index (χ0) is 34.2. The Labute approximate surface area is 306 Å². The highest BCUT2D eigenvalue weighted by molar-refractivity contribution is 7.99. The molecule has 0 amide bonds. The highest BCUT2D eigenvalue weighted by atomic mass is 32.2. The summed E-state index contributed by atoms with van der Waals surface area (Å²) in [7, 11) is 0. The van der Waals surface area contributed by atoms with Crippen LogP contribution >= 0.6 is 11.8 Å².